The van der Waals surface area contributed by atoms with Crippen LogP contribution in [0.25, 0.3) is 0 Å². The lowest BCUT2D eigenvalue weighted by Crippen LogP contribution is -2.59. The van der Waals surface area contributed by atoms with Crippen LogP contribution >= 0.6 is 0 Å². The van der Waals surface area contributed by atoms with Crippen LogP contribution in [-0.4, -0.2) is 61.4 Å². The molecule has 0 fully saturated rings. The van der Waals surface area contributed by atoms with Crippen molar-refractivity contribution in [3.8, 4) is 0 Å². The first-order valence-electron chi connectivity index (χ1n) is 11.1. The van der Waals surface area contributed by atoms with Crippen molar-refractivity contribution < 1.29 is 16.5 Å². The smallest absolute Gasteiger partial charge is 0.317 e. The number of nitrogens with one attached hydrogen (secondary N) is 1. The molecule has 0 aliphatic rings. The lowest BCUT2D eigenvalue weighted by Gasteiger charge is -2.43. The summed E-state index contributed by atoms with van der Waals surface area (Å²) in [5.41, 5.74) is 6.01. The molecule has 0 saturated carbocycles. The van der Waals surface area contributed by atoms with Gasteiger partial charge in [0, 0.05) is 12.6 Å². The summed E-state index contributed by atoms with van der Waals surface area (Å²) in [6.45, 7) is 28.1. The van der Waals surface area contributed by atoms with Crippen molar-refractivity contribution in [3.05, 3.63) is 0 Å². The first kappa shape index (κ1) is 52.3. The van der Waals surface area contributed by atoms with Crippen LogP contribution in [0.1, 0.15) is 64.3 Å². The quantitative estimate of drug-likeness (QED) is 0.146. The first-order chi connectivity index (χ1) is 12.8. The SMILES string of the molecule is C.C.C.C.C.C.CCC(N)CNCCC[Si](C)(O[Si](C)(C)O[Si](C)(C)C)O[Si](C)(C)O[Si](C)(C)C. The lowest BCUT2D eigenvalue weighted by molar-refractivity contribution is 0.292. The van der Waals surface area contributed by atoms with Crippen molar-refractivity contribution in [2.45, 2.75) is 148 Å². The molecule has 0 saturated heterocycles. The molecule has 6 nitrogen and oxygen atoms in total. The summed E-state index contributed by atoms with van der Waals surface area (Å²) < 4.78 is 26.5. The Kier molecular flexibility index (Phi) is 31.0. The Morgan fingerprint density at radius 2 is 0.971 bits per heavy atom. The minimum Gasteiger partial charge on any atom is -0.437 e. The fourth-order valence-electron chi connectivity index (χ4n) is 3.65. The van der Waals surface area contributed by atoms with Gasteiger partial charge in [-0.1, -0.05) is 51.5 Å². The second-order valence-electron chi connectivity index (χ2n) is 11.0. The van der Waals surface area contributed by atoms with Crippen LogP contribution in [-0.2, 0) is 16.5 Å². The van der Waals surface area contributed by atoms with Crippen LogP contribution in [0.15, 0.2) is 0 Å². The number of nitrogens with two attached hydrogens (primary N) is 1. The topological polar surface area (TPSA) is 75.0 Å². The fraction of sp³-hybridized carbons (Fsp3) is 1.00. The maximum Gasteiger partial charge on any atom is 0.317 e. The number of hydrogen-bond donors (Lipinski definition) is 2. The maximum absolute atomic E-state index is 6.79. The summed E-state index contributed by atoms with van der Waals surface area (Å²) in [7, 11) is -10.4. The Morgan fingerprint density at radius 1 is 0.629 bits per heavy atom. The Bertz CT molecular complexity index is 456. The Balaban J connectivity index is -0.000000261. The van der Waals surface area contributed by atoms with E-state index in [1.807, 2.05) is 0 Å². The molecule has 0 aromatic carbocycles. The molecule has 0 heterocycles. The highest BCUT2D eigenvalue weighted by atomic mass is 28.5. The van der Waals surface area contributed by atoms with Crippen molar-refractivity contribution in [3.63, 3.8) is 0 Å². The van der Waals surface area contributed by atoms with Crippen molar-refractivity contribution in [2.75, 3.05) is 13.1 Å². The van der Waals surface area contributed by atoms with Crippen LogP contribution < -0.4 is 11.1 Å². The average molecular weight is 595 g/mol. The second kappa shape index (κ2) is 20.8. The van der Waals surface area contributed by atoms with Crippen LogP contribution in [0, 0.1) is 0 Å². The van der Waals surface area contributed by atoms with Crippen molar-refractivity contribution in [2.24, 2.45) is 5.73 Å². The third-order valence-electron chi connectivity index (χ3n) is 3.94. The summed E-state index contributed by atoms with van der Waals surface area (Å²) in [5, 5.41) is 3.47. The Labute approximate surface area is 230 Å². The van der Waals surface area contributed by atoms with E-state index >= 15 is 0 Å². The molecule has 0 spiro atoms. The number of hydrogen-bond acceptors (Lipinski definition) is 6. The van der Waals surface area contributed by atoms with E-state index in [9.17, 15) is 0 Å². The maximum atomic E-state index is 6.79. The van der Waals surface area contributed by atoms with Gasteiger partial charge in [0.25, 0.3) is 0 Å². The molecule has 0 aliphatic heterocycles. The van der Waals surface area contributed by atoms with Crippen LogP contribution in [0.2, 0.25) is 78.1 Å². The molecule has 0 rings (SSSR count). The zero-order valence-electron chi connectivity index (χ0n) is 21.3. The molecule has 224 valence electrons. The van der Waals surface area contributed by atoms with Crippen LogP contribution in [0.3, 0.4) is 0 Å². The molecule has 11 heteroatoms. The van der Waals surface area contributed by atoms with Gasteiger partial charge >= 0.3 is 25.7 Å². The zero-order chi connectivity index (χ0) is 23.1. The van der Waals surface area contributed by atoms with Crippen LogP contribution in [0.5, 0.6) is 0 Å². The summed E-state index contributed by atoms with van der Waals surface area (Å²) >= 11 is 0. The highest BCUT2D eigenvalue weighted by Gasteiger charge is 2.46. The lowest BCUT2D eigenvalue weighted by atomic mass is 10.2. The van der Waals surface area contributed by atoms with E-state index < -0.39 is 42.3 Å². The van der Waals surface area contributed by atoms with E-state index in [0.29, 0.717) is 0 Å². The molecule has 3 N–H and O–H groups in total. The summed E-state index contributed by atoms with van der Waals surface area (Å²) in [4.78, 5) is 0. The predicted octanol–water partition coefficient (Wildman–Crippen LogP) is 8.73. The first-order valence-corrected chi connectivity index (χ1v) is 26.0. The third-order valence-corrected chi connectivity index (χ3v) is 21.4. The van der Waals surface area contributed by atoms with E-state index in [4.69, 9.17) is 22.2 Å². The number of rotatable bonds is 15. The van der Waals surface area contributed by atoms with Crippen molar-refractivity contribution >= 4 is 42.3 Å². The second-order valence-corrected chi connectivity index (χ2v) is 31.1. The van der Waals surface area contributed by atoms with Crippen molar-refractivity contribution in [1.29, 1.82) is 0 Å². The molecule has 0 radical (unpaired) electrons. The van der Waals surface area contributed by atoms with Crippen LogP contribution in [0.4, 0.5) is 0 Å². The predicted molar refractivity (Wildman–Crippen MR) is 179 cm³/mol. The van der Waals surface area contributed by atoms with Gasteiger partial charge in [-0.3, -0.25) is 0 Å². The Hall–Kier alpha value is 0.844. The molecule has 0 amide bonds. The molecular weight excluding hydrogens is 521 g/mol. The van der Waals surface area contributed by atoms with Gasteiger partial charge in [0.05, 0.1) is 0 Å². The standard InChI is InChI=1S/C18H50N2O4Si5.6CH4/c1-13-18(19)17-20-15-14-16-29(12,23-27(8,9)21-25(2,3)4)24-28(10,11)22-26(5,6)7;;;;;;/h18,20H,13-17,19H2,1-12H3;6*1H4. The van der Waals surface area contributed by atoms with Gasteiger partial charge in [-0.2, -0.15) is 0 Å². The monoisotopic (exact) mass is 594 g/mol. The molecule has 35 heavy (non-hydrogen) atoms. The average Bonchev–Trinajstić information content (AvgIpc) is 2.39. The molecular formula is C24H74N2O4Si5. The van der Waals surface area contributed by atoms with Crippen molar-refractivity contribution in [1.82, 2.24) is 5.32 Å². The minimum absolute atomic E-state index is 0. The van der Waals surface area contributed by atoms with E-state index in [0.717, 1.165) is 32.0 Å². The third kappa shape index (κ3) is 29.3. The normalized spacial score (nSPS) is 12.9. The molecule has 0 aromatic heterocycles. The molecule has 0 aromatic rings. The van der Waals surface area contributed by atoms with E-state index in [1.165, 1.54) is 0 Å². The van der Waals surface area contributed by atoms with Gasteiger partial charge in [-0.05, 0) is 97.4 Å². The molecule has 1 atom stereocenters. The summed E-state index contributed by atoms with van der Waals surface area (Å²) in [6, 6.07) is 1.15. The highest BCUT2D eigenvalue weighted by molar-refractivity contribution is 6.90. The summed E-state index contributed by atoms with van der Waals surface area (Å²) in [6.07, 6.45) is 2.00. The Morgan fingerprint density at radius 3 is 1.26 bits per heavy atom. The highest BCUT2D eigenvalue weighted by Crippen LogP contribution is 2.29. The minimum atomic E-state index is -2.46. The van der Waals surface area contributed by atoms with Gasteiger partial charge in [-0.25, -0.2) is 0 Å². The van der Waals surface area contributed by atoms with Gasteiger partial charge in [0.1, 0.15) is 0 Å². The molecule has 0 aliphatic carbocycles. The zero-order valence-corrected chi connectivity index (χ0v) is 26.3. The van der Waals surface area contributed by atoms with Gasteiger partial charge in [0.15, 0.2) is 16.6 Å². The van der Waals surface area contributed by atoms with E-state index in [-0.39, 0.29) is 50.6 Å². The summed E-state index contributed by atoms with van der Waals surface area (Å²) in [5.74, 6) is 0. The van der Waals surface area contributed by atoms with Gasteiger partial charge < -0.3 is 27.5 Å². The van der Waals surface area contributed by atoms with E-state index in [1.54, 1.807) is 0 Å². The fourth-order valence-corrected chi connectivity index (χ4v) is 27.0. The largest absolute Gasteiger partial charge is 0.437 e. The molecule has 1 unspecified atom stereocenters. The van der Waals surface area contributed by atoms with Gasteiger partial charge in [0.2, 0.25) is 0 Å². The van der Waals surface area contributed by atoms with Gasteiger partial charge in [-0.15, -0.1) is 0 Å². The van der Waals surface area contributed by atoms with E-state index in [2.05, 4.69) is 84.3 Å². The molecule has 0 bridgehead atoms.